The molecule has 0 spiro atoms. The van der Waals surface area contributed by atoms with Crippen molar-refractivity contribution in [1.29, 1.82) is 0 Å². The maximum atomic E-state index is 12.5. The van der Waals surface area contributed by atoms with Gasteiger partial charge >= 0.3 is 0 Å². The standard InChI is InChI=1S/C18H16N2O/c21-18(14-6-5-13-9-10-19-17(13)11-14)20-16-8-7-12-3-1-2-4-15(12)16/h1-6,9-11,16,19H,7-8H2,(H,20,21). The average molecular weight is 276 g/mol. The summed E-state index contributed by atoms with van der Waals surface area (Å²) in [6, 6.07) is 16.3. The summed E-state index contributed by atoms with van der Waals surface area (Å²) in [5.74, 6) is -0.00629. The van der Waals surface area contributed by atoms with Crippen LogP contribution in [-0.2, 0) is 6.42 Å². The summed E-state index contributed by atoms with van der Waals surface area (Å²) < 4.78 is 0. The molecule has 2 N–H and O–H groups in total. The molecule has 3 heteroatoms. The zero-order valence-corrected chi connectivity index (χ0v) is 11.6. The van der Waals surface area contributed by atoms with Gasteiger partial charge in [0.2, 0.25) is 0 Å². The number of hydrogen-bond donors (Lipinski definition) is 2. The number of H-pyrrole nitrogens is 1. The fourth-order valence-electron chi connectivity index (χ4n) is 3.14. The Morgan fingerprint density at radius 3 is 3.00 bits per heavy atom. The number of fused-ring (bicyclic) bond motifs is 2. The molecule has 0 radical (unpaired) electrons. The highest BCUT2D eigenvalue weighted by atomic mass is 16.1. The summed E-state index contributed by atoms with van der Waals surface area (Å²) in [6.45, 7) is 0. The number of carbonyl (C=O) groups is 1. The third-order valence-electron chi connectivity index (χ3n) is 4.26. The van der Waals surface area contributed by atoms with Gasteiger partial charge in [-0.1, -0.05) is 30.3 Å². The van der Waals surface area contributed by atoms with Crippen LogP contribution in [0, 0.1) is 0 Å². The molecule has 1 atom stereocenters. The molecule has 4 rings (SSSR count). The van der Waals surface area contributed by atoms with E-state index in [0.29, 0.717) is 5.56 Å². The van der Waals surface area contributed by atoms with Crippen molar-refractivity contribution in [3.63, 3.8) is 0 Å². The van der Waals surface area contributed by atoms with E-state index < -0.39 is 0 Å². The van der Waals surface area contributed by atoms with Crippen LogP contribution in [0.4, 0.5) is 0 Å². The van der Waals surface area contributed by atoms with Gasteiger partial charge in [0.1, 0.15) is 0 Å². The lowest BCUT2D eigenvalue weighted by atomic mass is 10.1. The van der Waals surface area contributed by atoms with E-state index in [4.69, 9.17) is 0 Å². The number of carbonyl (C=O) groups excluding carboxylic acids is 1. The Morgan fingerprint density at radius 2 is 2.05 bits per heavy atom. The smallest absolute Gasteiger partial charge is 0.251 e. The van der Waals surface area contributed by atoms with Crippen LogP contribution >= 0.6 is 0 Å². The minimum Gasteiger partial charge on any atom is -0.361 e. The maximum Gasteiger partial charge on any atom is 0.251 e. The second-order valence-corrected chi connectivity index (χ2v) is 5.54. The molecular weight excluding hydrogens is 260 g/mol. The molecule has 3 aromatic rings. The Hall–Kier alpha value is -2.55. The Bertz CT molecular complexity index is 819. The Labute approximate surface area is 123 Å². The molecule has 3 nitrogen and oxygen atoms in total. The largest absolute Gasteiger partial charge is 0.361 e. The van der Waals surface area contributed by atoms with Crippen molar-refractivity contribution in [2.45, 2.75) is 18.9 Å². The van der Waals surface area contributed by atoms with Gasteiger partial charge < -0.3 is 10.3 Å². The van der Waals surface area contributed by atoms with Crippen molar-refractivity contribution in [2.24, 2.45) is 0 Å². The molecule has 0 bridgehead atoms. The van der Waals surface area contributed by atoms with E-state index in [1.807, 2.05) is 36.5 Å². The van der Waals surface area contributed by atoms with Crippen molar-refractivity contribution >= 4 is 16.8 Å². The molecule has 21 heavy (non-hydrogen) atoms. The average Bonchev–Trinajstić information content (AvgIpc) is 3.13. The van der Waals surface area contributed by atoms with Gasteiger partial charge in [-0.05, 0) is 47.6 Å². The van der Waals surface area contributed by atoms with Gasteiger partial charge in [-0.2, -0.15) is 0 Å². The molecule has 1 heterocycles. The summed E-state index contributed by atoms with van der Waals surface area (Å²) in [4.78, 5) is 15.6. The van der Waals surface area contributed by atoms with E-state index in [-0.39, 0.29) is 11.9 Å². The first-order valence-corrected chi connectivity index (χ1v) is 7.27. The second-order valence-electron chi connectivity index (χ2n) is 5.54. The molecule has 0 aliphatic heterocycles. The fraction of sp³-hybridized carbons (Fsp3) is 0.167. The number of rotatable bonds is 2. The molecule has 1 unspecified atom stereocenters. The van der Waals surface area contributed by atoms with Crippen LogP contribution in [0.2, 0.25) is 0 Å². The number of aromatic nitrogens is 1. The molecule has 1 amide bonds. The zero-order chi connectivity index (χ0) is 14.2. The normalized spacial score (nSPS) is 16.9. The van der Waals surface area contributed by atoms with Crippen LogP contribution in [0.15, 0.2) is 54.7 Å². The van der Waals surface area contributed by atoms with Gasteiger partial charge in [0.05, 0.1) is 6.04 Å². The number of nitrogens with one attached hydrogen (secondary N) is 2. The third kappa shape index (κ3) is 2.11. The highest BCUT2D eigenvalue weighted by molar-refractivity contribution is 5.98. The molecule has 0 fully saturated rings. The summed E-state index contributed by atoms with van der Waals surface area (Å²) in [7, 11) is 0. The quantitative estimate of drug-likeness (QED) is 0.738. The van der Waals surface area contributed by atoms with Crippen LogP contribution < -0.4 is 5.32 Å². The number of aromatic amines is 1. The van der Waals surface area contributed by atoms with Crippen LogP contribution in [0.1, 0.15) is 33.9 Å². The molecule has 0 saturated carbocycles. The zero-order valence-electron chi connectivity index (χ0n) is 11.6. The summed E-state index contributed by atoms with van der Waals surface area (Å²) in [5.41, 5.74) is 4.30. The van der Waals surface area contributed by atoms with E-state index in [1.54, 1.807) is 0 Å². The van der Waals surface area contributed by atoms with E-state index >= 15 is 0 Å². The third-order valence-corrected chi connectivity index (χ3v) is 4.26. The second kappa shape index (κ2) is 4.77. The van der Waals surface area contributed by atoms with Gasteiger partial charge in [-0.15, -0.1) is 0 Å². The predicted octanol–water partition coefficient (Wildman–Crippen LogP) is 3.59. The minimum atomic E-state index is -0.00629. The van der Waals surface area contributed by atoms with Crippen molar-refractivity contribution in [2.75, 3.05) is 0 Å². The first-order valence-electron chi connectivity index (χ1n) is 7.27. The van der Waals surface area contributed by atoms with Gasteiger partial charge in [0.15, 0.2) is 0 Å². The van der Waals surface area contributed by atoms with Gasteiger partial charge in [-0.25, -0.2) is 0 Å². The predicted molar refractivity (Wildman–Crippen MR) is 83.3 cm³/mol. The molecular formula is C18H16N2O. The van der Waals surface area contributed by atoms with E-state index in [2.05, 4.69) is 28.5 Å². The maximum absolute atomic E-state index is 12.5. The van der Waals surface area contributed by atoms with Crippen molar-refractivity contribution < 1.29 is 4.79 Å². The molecule has 0 saturated heterocycles. The minimum absolute atomic E-state index is 0.00629. The Kier molecular flexibility index (Phi) is 2.78. The van der Waals surface area contributed by atoms with E-state index in [9.17, 15) is 4.79 Å². The summed E-state index contributed by atoms with van der Waals surface area (Å²) >= 11 is 0. The van der Waals surface area contributed by atoms with Crippen molar-refractivity contribution in [1.82, 2.24) is 10.3 Å². The molecule has 104 valence electrons. The first-order chi connectivity index (χ1) is 10.3. The molecule has 2 aromatic carbocycles. The summed E-state index contributed by atoms with van der Waals surface area (Å²) in [6.07, 6.45) is 3.91. The fourth-order valence-corrected chi connectivity index (χ4v) is 3.14. The SMILES string of the molecule is O=C(NC1CCc2ccccc21)c1ccc2cc[nH]c2c1. The van der Waals surface area contributed by atoms with E-state index in [1.165, 1.54) is 11.1 Å². The Morgan fingerprint density at radius 1 is 1.14 bits per heavy atom. The number of benzene rings is 2. The molecule has 1 aliphatic carbocycles. The number of aryl methyl sites for hydroxylation is 1. The lowest BCUT2D eigenvalue weighted by molar-refractivity contribution is 0.0937. The highest BCUT2D eigenvalue weighted by Crippen LogP contribution is 2.31. The highest BCUT2D eigenvalue weighted by Gasteiger charge is 2.23. The lowest BCUT2D eigenvalue weighted by Gasteiger charge is -2.14. The van der Waals surface area contributed by atoms with E-state index in [0.717, 1.165) is 23.7 Å². The topological polar surface area (TPSA) is 44.9 Å². The van der Waals surface area contributed by atoms with Crippen LogP contribution in [0.5, 0.6) is 0 Å². The first kappa shape index (κ1) is 12.2. The lowest BCUT2D eigenvalue weighted by Crippen LogP contribution is -2.27. The molecule has 1 aromatic heterocycles. The van der Waals surface area contributed by atoms with Crippen molar-refractivity contribution in [3.8, 4) is 0 Å². The van der Waals surface area contributed by atoms with Gasteiger partial charge in [-0.3, -0.25) is 4.79 Å². The van der Waals surface area contributed by atoms with Gasteiger partial charge in [0.25, 0.3) is 5.91 Å². The monoisotopic (exact) mass is 276 g/mol. The van der Waals surface area contributed by atoms with Crippen LogP contribution in [0.25, 0.3) is 10.9 Å². The van der Waals surface area contributed by atoms with Gasteiger partial charge in [0, 0.05) is 17.3 Å². The Balaban J connectivity index is 1.58. The number of hydrogen-bond acceptors (Lipinski definition) is 1. The molecule has 1 aliphatic rings. The van der Waals surface area contributed by atoms with Crippen molar-refractivity contribution in [3.05, 3.63) is 71.4 Å². The summed E-state index contributed by atoms with van der Waals surface area (Å²) in [5, 5.41) is 4.28. The van der Waals surface area contributed by atoms with Crippen LogP contribution in [-0.4, -0.2) is 10.9 Å². The number of amides is 1. The van der Waals surface area contributed by atoms with Crippen LogP contribution in [0.3, 0.4) is 0 Å².